The van der Waals surface area contributed by atoms with E-state index in [0.717, 1.165) is 31.3 Å². The van der Waals surface area contributed by atoms with Gasteiger partial charge in [0.15, 0.2) is 5.82 Å². The van der Waals surface area contributed by atoms with E-state index in [1.54, 1.807) is 6.20 Å². The third-order valence-electron chi connectivity index (χ3n) is 3.59. The van der Waals surface area contributed by atoms with Crippen molar-refractivity contribution in [2.45, 2.75) is 32.5 Å². The molecule has 1 amide bonds. The highest BCUT2D eigenvalue weighted by Crippen LogP contribution is 2.28. The molecule has 118 valence electrons. The Morgan fingerprint density at radius 2 is 2.27 bits per heavy atom. The minimum atomic E-state index is -4.53. The molecule has 1 atom stereocenters. The third-order valence-corrected chi connectivity index (χ3v) is 3.59. The maximum absolute atomic E-state index is 12.5. The Kier molecular flexibility index (Phi) is 3.42. The molecule has 9 heteroatoms. The van der Waals surface area contributed by atoms with Gasteiger partial charge < -0.3 is 9.88 Å². The summed E-state index contributed by atoms with van der Waals surface area (Å²) in [6, 6.07) is 0.746. The van der Waals surface area contributed by atoms with Gasteiger partial charge in [-0.25, -0.2) is 4.98 Å². The molecule has 0 aromatic carbocycles. The zero-order valence-electron chi connectivity index (χ0n) is 11.7. The lowest BCUT2D eigenvalue weighted by atomic mass is 10.0. The molecule has 2 aromatic heterocycles. The smallest absolute Gasteiger partial charge is 0.334 e. The molecular formula is C13H14F3N5O. The molecule has 0 bridgehead atoms. The molecule has 0 saturated heterocycles. The monoisotopic (exact) mass is 313 g/mol. The summed E-state index contributed by atoms with van der Waals surface area (Å²) in [4.78, 5) is 16.3. The summed E-state index contributed by atoms with van der Waals surface area (Å²) in [5.41, 5.74) is -0.832. The minimum absolute atomic E-state index is 0.181. The van der Waals surface area contributed by atoms with Crippen LogP contribution in [0.5, 0.6) is 0 Å². The SMILES string of the molecule is CC1CCc2nc(C(=O)Nc3cc(C(F)(F)F)[nH]n3)cn2C1. The highest BCUT2D eigenvalue weighted by atomic mass is 19.4. The summed E-state index contributed by atoms with van der Waals surface area (Å²) in [6.45, 7) is 2.90. The quantitative estimate of drug-likeness (QED) is 0.894. The van der Waals surface area contributed by atoms with Crippen LogP contribution in [0.4, 0.5) is 19.0 Å². The van der Waals surface area contributed by atoms with Crippen LogP contribution in [0.15, 0.2) is 12.3 Å². The summed E-state index contributed by atoms with van der Waals surface area (Å²) in [7, 11) is 0. The highest BCUT2D eigenvalue weighted by Gasteiger charge is 2.33. The average molecular weight is 313 g/mol. The first kappa shape index (κ1) is 14.6. The second-order valence-electron chi connectivity index (χ2n) is 5.46. The van der Waals surface area contributed by atoms with Crippen LogP contribution in [0.2, 0.25) is 0 Å². The second-order valence-corrected chi connectivity index (χ2v) is 5.46. The number of halogens is 3. The van der Waals surface area contributed by atoms with Gasteiger partial charge >= 0.3 is 6.18 Å². The molecule has 1 aliphatic rings. The largest absolute Gasteiger partial charge is 0.432 e. The van der Waals surface area contributed by atoms with Crippen LogP contribution in [-0.4, -0.2) is 25.7 Å². The molecule has 1 aliphatic heterocycles. The molecular weight excluding hydrogens is 299 g/mol. The number of anilines is 1. The fourth-order valence-corrected chi connectivity index (χ4v) is 2.44. The van der Waals surface area contributed by atoms with E-state index in [4.69, 9.17) is 0 Å². The number of rotatable bonds is 2. The van der Waals surface area contributed by atoms with Crippen molar-refractivity contribution in [1.29, 1.82) is 0 Å². The fourth-order valence-electron chi connectivity index (χ4n) is 2.44. The molecule has 0 fully saturated rings. The predicted molar refractivity (Wildman–Crippen MR) is 71.3 cm³/mol. The lowest BCUT2D eigenvalue weighted by Gasteiger charge is -2.19. The molecule has 0 spiro atoms. The number of fused-ring (bicyclic) bond motifs is 1. The van der Waals surface area contributed by atoms with E-state index >= 15 is 0 Å². The van der Waals surface area contributed by atoms with Gasteiger partial charge in [-0.3, -0.25) is 9.89 Å². The van der Waals surface area contributed by atoms with Gasteiger partial charge in [0.1, 0.15) is 17.2 Å². The number of amides is 1. The van der Waals surface area contributed by atoms with E-state index in [1.165, 1.54) is 0 Å². The molecule has 2 N–H and O–H groups in total. The van der Waals surface area contributed by atoms with Gasteiger partial charge in [0.2, 0.25) is 0 Å². The predicted octanol–water partition coefficient (Wildman–Crippen LogP) is 2.46. The van der Waals surface area contributed by atoms with Gasteiger partial charge in [-0.15, -0.1) is 0 Å². The van der Waals surface area contributed by atoms with Crippen molar-refractivity contribution in [2.24, 2.45) is 5.92 Å². The lowest BCUT2D eigenvalue weighted by Crippen LogP contribution is -2.17. The van der Waals surface area contributed by atoms with E-state index in [-0.39, 0.29) is 11.5 Å². The maximum atomic E-state index is 12.5. The molecule has 1 unspecified atom stereocenters. The standard InChI is InChI=1S/C13H14F3N5O/c1-7-2-3-11-17-8(6-21(11)5-7)12(22)18-10-4-9(19-20-10)13(14,15)16/h4,6-7H,2-3,5H2,1H3,(H2,18,19,20,22). The second kappa shape index (κ2) is 5.15. The molecule has 22 heavy (non-hydrogen) atoms. The van der Waals surface area contributed by atoms with Crippen LogP contribution in [0.1, 0.15) is 35.4 Å². The highest BCUT2D eigenvalue weighted by molar-refractivity contribution is 6.02. The van der Waals surface area contributed by atoms with Crippen LogP contribution < -0.4 is 5.32 Å². The number of carbonyl (C=O) groups excluding carboxylic acids is 1. The summed E-state index contributed by atoms with van der Waals surface area (Å²) in [6.07, 6.45) is -1.11. The van der Waals surface area contributed by atoms with Crippen LogP contribution in [0, 0.1) is 5.92 Å². The van der Waals surface area contributed by atoms with Crippen molar-refractivity contribution in [1.82, 2.24) is 19.7 Å². The molecule has 0 radical (unpaired) electrons. The minimum Gasteiger partial charge on any atom is -0.334 e. The fraction of sp³-hybridized carbons (Fsp3) is 0.462. The number of hydrogen-bond donors (Lipinski definition) is 2. The first-order valence-electron chi connectivity index (χ1n) is 6.83. The third kappa shape index (κ3) is 2.83. The number of aromatic nitrogens is 4. The Hall–Kier alpha value is -2.32. The Morgan fingerprint density at radius 3 is 2.95 bits per heavy atom. The number of hydrogen-bond acceptors (Lipinski definition) is 3. The van der Waals surface area contributed by atoms with E-state index in [1.807, 2.05) is 9.67 Å². The first-order valence-corrected chi connectivity index (χ1v) is 6.83. The average Bonchev–Trinajstić information content (AvgIpc) is 3.03. The van der Waals surface area contributed by atoms with Crippen LogP contribution in [-0.2, 0) is 19.1 Å². The number of aromatic amines is 1. The molecule has 3 heterocycles. The van der Waals surface area contributed by atoms with Crippen molar-refractivity contribution < 1.29 is 18.0 Å². The summed E-state index contributed by atoms with van der Waals surface area (Å²) >= 11 is 0. The summed E-state index contributed by atoms with van der Waals surface area (Å²) in [5.74, 6) is 0.575. The normalized spacial score (nSPS) is 18.1. The summed E-state index contributed by atoms with van der Waals surface area (Å²) < 4.78 is 39.3. The molecule has 0 saturated carbocycles. The Balaban J connectivity index is 1.74. The summed E-state index contributed by atoms with van der Waals surface area (Å²) in [5, 5.41) is 7.59. The number of carbonyl (C=O) groups is 1. The number of imidazole rings is 1. The van der Waals surface area contributed by atoms with Crippen LogP contribution >= 0.6 is 0 Å². The van der Waals surface area contributed by atoms with Gasteiger partial charge in [-0.05, 0) is 12.3 Å². The van der Waals surface area contributed by atoms with Crippen molar-refractivity contribution in [3.63, 3.8) is 0 Å². The van der Waals surface area contributed by atoms with Crippen molar-refractivity contribution in [3.05, 3.63) is 29.5 Å². The Labute approximate surface area is 123 Å². The number of nitrogens with one attached hydrogen (secondary N) is 2. The van der Waals surface area contributed by atoms with Crippen molar-refractivity contribution in [3.8, 4) is 0 Å². The first-order chi connectivity index (χ1) is 10.3. The van der Waals surface area contributed by atoms with Crippen LogP contribution in [0.25, 0.3) is 0 Å². The van der Waals surface area contributed by atoms with Gasteiger partial charge in [0.05, 0.1) is 0 Å². The number of nitrogens with zero attached hydrogens (tertiary/aromatic N) is 3. The van der Waals surface area contributed by atoms with E-state index in [2.05, 4.69) is 22.3 Å². The maximum Gasteiger partial charge on any atom is 0.432 e. The lowest BCUT2D eigenvalue weighted by molar-refractivity contribution is -0.141. The Morgan fingerprint density at radius 1 is 1.50 bits per heavy atom. The zero-order valence-corrected chi connectivity index (χ0v) is 11.7. The van der Waals surface area contributed by atoms with Crippen molar-refractivity contribution >= 4 is 11.7 Å². The molecule has 3 rings (SSSR count). The topological polar surface area (TPSA) is 75.6 Å². The Bertz CT molecular complexity index is 703. The molecule has 0 aliphatic carbocycles. The van der Waals surface area contributed by atoms with E-state index in [0.29, 0.717) is 5.92 Å². The zero-order chi connectivity index (χ0) is 15.9. The number of aryl methyl sites for hydroxylation is 1. The number of alkyl halides is 3. The van der Waals surface area contributed by atoms with Crippen LogP contribution in [0.3, 0.4) is 0 Å². The van der Waals surface area contributed by atoms with E-state index < -0.39 is 17.8 Å². The van der Waals surface area contributed by atoms with Crippen molar-refractivity contribution in [2.75, 3.05) is 5.32 Å². The number of H-pyrrole nitrogens is 1. The molecule has 2 aromatic rings. The van der Waals surface area contributed by atoms with Gasteiger partial charge in [-0.2, -0.15) is 18.3 Å². The van der Waals surface area contributed by atoms with E-state index in [9.17, 15) is 18.0 Å². The van der Waals surface area contributed by atoms with Gasteiger partial charge in [-0.1, -0.05) is 6.92 Å². The molecule has 6 nitrogen and oxygen atoms in total. The van der Waals surface area contributed by atoms with Gasteiger partial charge in [0.25, 0.3) is 5.91 Å². The van der Waals surface area contributed by atoms with Gasteiger partial charge in [0, 0.05) is 25.2 Å².